The maximum atomic E-state index is 13.7. The average molecular weight is 567 g/mol. The summed E-state index contributed by atoms with van der Waals surface area (Å²) < 4.78 is 44.1. The monoisotopic (exact) mass is 566 g/mol. The van der Waals surface area contributed by atoms with Crippen LogP contribution in [0.3, 0.4) is 0 Å². The number of aryl methyl sites for hydroxylation is 1. The van der Waals surface area contributed by atoms with Gasteiger partial charge in [0.05, 0.1) is 29.0 Å². The van der Waals surface area contributed by atoms with Crippen molar-refractivity contribution in [3.8, 4) is 17.6 Å². The van der Waals surface area contributed by atoms with Crippen LogP contribution < -0.4 is 15.4 Å². The van der Waals surface area contributed by atoms with Crippen LogP contribution in [0.4, 0.5) is 13.2 Å². The molecule has 2 aliphatic carbocycles. The highest BCUT2D eigenvalue weighted by molar-refractivity contribution is 6.08. The molecule has 3 heterocycles. The van der Waals surface area contributed by atoms with Crippen LogP contribution in [0, 0.1) is 16.7 Å². The molecule has 1 saturated carbocycles. The summed E-state index contributed by atoms with van der Waals surface area (Å²) in [5, 5.41) is 29.4. The molecule has 0 saturated heterocycles. The van der Waals surface area contributed by atoms with Gasteiger partial charge in [0, 0.05) is 24.6 Å². The van der Waals surface area contributed by atoms with E-state index < -0.39 is 30.1 Å². The van der Waals surface area contributed by atoms with Gasteiger partial charge in [-0.25, -0.2) is 9.67 Å². The molecule has 212 valence electrons. The number of fused-ring (bicyclic) bond motifs is 3. The van der Waals surface area contributed by atoms with E-state index in [1.807, 2.05) is 6.07 Å². The summed E-state index contributed by atoms with van der Waals surface area (Å²) in [6.45, 7) is -1.23. The van der Waals surface area contributed by atoms with Crippen LogP contribution >= 0.6 is 0 Å². The summed E-state index contributed by atoms with van der Waals surface area (Å²) >= 11 is 0. The van der Waals surface area contributed by atoms with Crippen LogP contribution in [-0.4, -0.2) is 57.6 Å². The lowest BCUT2D eigenvalue weighted by Gasteiger charge is -2.35. The first-order chi connectivity index (χ1) is 19.6. The molecule has 10 nitrogen and oxygen atoms in total. The lowest BCUT2D eigenvalue weighted by molar-refractivity contribution is -0.153. The normalized spacial score (nSPS) is 20.1. The van der Waals surface area contributed by atoms with E-state index in [-0.39, 0.29) is 47.8 Å². The molecule has 3 aliphatic rings. The quantitative estimate of drug-likeness (QED) is 0.399. The van der Waals surface area contributed by atoms with Crippen molar-refractivity contribution >= 4 is 11.8 Å². The zero-order valence-electron chi connectivity index (χ0n) is 21.7. The number of amides is 2. The number of benzene rings is 1. The average Bonchev–Trinajstić information content (AvgIpc) is 3.53. The number of nitriles is 1. The van der Waals surface area contributed by atoms with Gasteiger partial charge in [-0.3, -0.25) is 9.59 Å². The fourth-order valence-electron chi connectivity index (χ4n) is 5.60. The third kappa shape index (κ3) is 4.88. The Morgan fingerprint density at radius 1 is 1.24 bits per heavy atom. The lowest BCUT2D eigenvalue weighted by atomic mass is 9.82. The minimum absolute atomic E-state index is 0.00702. The number of pyridine rings is 1. The summed E-state index contributed by atoms with van der Waals surface area (Å²) in [7, 11) is 0. The van der Waals surface area contributed by atoms with Crippen molar-refractivity contribution < 1.29 is 32.6 Å². The molecule has 1 aromatic carbocycles. The molecule has 6 rings (SSSR count). The second-order valence-corrected chi connectivity index (χ2v) is 10.9. The van der Waals surface area contributed by atoms with E-state index >= 15 is 0 Å². The second-order valence-electron chi connectivity index (χ2n) is 10.9. The van der Waals surface area contributed by atoms with E-state index in [0.29, 0.717) is 24.1 Å². The van der Waals surface area contributed by atoms with E-state index in [4.69, 9.17) is 10.00 Å². The van der Waals surface area contributed by atoms with E-state index in [0.717, 1.165) is 24.0 Å². The molecule has 3 N–H and O–H groups in total. The molecule has 13 heteroatoms. The molecule has 1 aliphatic heterocycles. The molecule has 2 amide bonds. The molecular formula is C28H25F3N6O4. The first kappa shape index (κ1) is 26.8. The Hall–Kier alpha value is -4.44. The van der Waals surface area contributed by atoms with Gasteiger partial charge in [0.2, 0.25) is 0 Å². The van der Waals surface area contributed by atoms with Crippen LogP contribution in [0.5, 0.6) is 5.75 Å². The van der Waals surface area contributed by atoms with Crippen LogP contribution in [0.25, 0.3) is 5.82 Å². The number of aromatic nitrogens is 3. The highest BCUT2D eigenvalue weighted by atomic mass is 19.4. The number of carbonyl (C=O) groups excluding carboxylic acids is 2. The van der Waals surface area contributed by atoms with Gasteiger partial charge in [-0.15, -0.1) is 0 Å². The van der Waals surface area contributed by atoms with Crippen molar-refractivity contribution in [2.45, 2.75) is 43.8 Å². The number of nitrogens with zero attached hydrogens (tertiary/aromatic N) is 4. The second kappa shape index (κ2) is 9.59. The Balaban J connectivity index is 1.35. The first-order valence-corrected chi connectivity index (χ1v) is 13.1. The highest BCUT2D eigenvalue weighted by Crippen LogP contribution is 2.45. The number of carbonyl (C=O) groups is 2. The number of aliphatic hydroxyl groups is 1. The van der Waals surface area contributed by atoms with Crippen molar-refractivity contribution in [3.05, 3.63) is 70.2 Å². The van der Waals surface area contributed by atoms with Crippen LogP contribution in [0.2, 0.25) is 0 Å². The maximum absolute atomic E-state index is 13.7. The van der Waals surface area contributed by atoms with Gasteiger partial charge in [0.15, 0.2) is 12.4 Å². The zero-order chi connectivity index (χ0) is 29.0. The number of rotatable bonds is 7. The Labute approximate surface area is 232 Å². The fraction of sp³-hybridized carbons (Fsp3) is 0.393. The van der Waals surface area contributed by atoms with Gasteiger partial charge in [-0.05, 0) is 61.1 Å². The summed E-state index contributed by atoms with van der Waals surface area (Å²) in [5.74, 6) is -0.724. The predicted molar refractivity (Wildman–Crippen MR) is 136 cm³/mol. The summed E-state index contributed by atoms with van der Waals surface area (Å²) in [6, 6.07) is 9.72. The fourth-order valence-corrected chi connectivity index (χ4v) is 5.60. The zero-order valence-corrected chi connectivity index (χ0v) is 21.7. The Kier molecular flexibility index (Phi) is 6.26. The Bertz CT molecular complexity index is 1590. The van der Waals surface area contributed by atoms with Gasteiger partial charge in [-0.1, -0.05) is 6.07 Å². The first-order valence-electron chi connectivity index (χ1n) is 13.1. The van der Waals surface area contributed by atoms with Crippen LogP contribution in [0.1, 0.15) is 62.5 Å². The Morgan fingerprint density at radius 3 is 2.71 bits per heavy atom. The van der Waals surface area contributed by atoms with Crippen LogP contribution in [0.15, 0.2) is 36.5 Å². The number of nitrogens with one attached hydrogen (secondary N) is 2. The topological polar surface area (TPSA) is 142 Å². The Morgan fingerprint density at radius 2 is 2.05 bits per heavy atom. The molecule has 3 aromatic rings. The smallest absolute Gasteiger partial charge is 0.422 e. The summed E-state index contributed by atoms with van der Waals surface area (Å²) in [5.41, 5.74) is 1.08. The molecule has 0 unspecified atom stereocenters. The number of halogens is 3. The number of alkyl halides is 3. The maximum Gasteiger partial charge on any atom is 0.422 e. The minimum Gasteiger partial charge on any atom is -0.484 e. The van der Waals surface area contributed by atoms with Crippen molar-refractivity contribution in [2.75, 3.05) is 19.8 Å². The third-order valence-electron chi connectivity index (χ3n) is 8.05. The lowest BCUT2D eigenvalue weighted by Crippen LogP contribution is -2.50. The molecule has 0 radical (unpaired) electrons. The summed E-state index contributed by atoms with van der Waals surface area (Å²) in [6.07, 6.45) is -0.323. The van der Waals surface area contributed by atoms with Gasteiger partial charge >= 0.3 is 6.18 Å². The van der Waals surface area contributed by atoms with Crippen molar-refractivity contribution in [1.82, 2.24) is 25.4 Å². The van der Waals surface area contributed by atoms with Gasteiger partial charge in [-0.2, -0.15) is 23.5 Å². The van der Waals surface area contributed by atoms with Gasteiger partial charge < -0.3 is 20.5 Å². The largest absolute Gasteiger partial charge is 0.484 e. The molecule has 1 atom stereocenters. The number of hydrogen-bond donors (Lipinski definition) is 3. The van der Waals surface area contributed by atoms with Crippen molar-refractivity contribution in [3.63, 3.8) is 0 Å². The van der Waals surface area contributed by atoms with E-state index in [1.54, 1.807) is 12.1 Å². The van der Waals surface area contributed by atoms with Crippen molar-refractivity contribution in [1.29, 1.82) is 5.26 Å². The van der Waals surface area contributed by atoms with E-state index in [1.165, 1.54) is 29.1 Å². The van der Waals surface area contributed by atoms with Gasteiger partial charge in [0.1, 0.15) is 17.5 Å². The minimum atomic E-state index is -4.46. The van der Waals surface area contributed by atoms with Crippen LogP contribution in [-0.2, 0) is 18.4 Å². The predicted octanol–water partition coefficient (Wildman–Crippen LogP) is 2.71. The highest BCUT2D eigenvalue weighted by Gasteiger charge is 2.48. The molecular weight excluding hydrogens is 541 g/mol. The molecule has 1 fully saturated rings. The molecule has 0 bridgehead atoms. The number of ether oxygens (including phenoxy) is 1. The summed E-state index contributed by atoms with van der Waals surface area (Å²) in [4.78, 5) is 31.5. The van der Waals surface area contributed by atoms with E-state index in [2.05, 4.69) is 20.7 Å². The standard InChI is InChI=1S/C28H25F3N6O4/c29-28(30,31)15-41-18-2-3-19-17(9-18)5-6-27(19)10-20-22(24(39)35-27)23(25(40)34-13-26(14-38)7-8-26)37(36-20)21-4-1-16(11-32)12-33-21/h1-4,9,12,38H,5-8,10,13-15H2,(H,34,40)(H,35,39)/t27-/m0/s1. The number of hydrogen-bond acceptors (Lipinski definition) is 7. The SMILES string of the molecule is N#Cc1ccc(-n2nc3c(c2C(=O)NCC2(CO)CC2)C(=O)N[C@@]2(CCc4cc(OCC(F)(F)F)ccc42)C3)nc1. The number of aliphatic hydroxyl groups excluding tert-OH is 1. The van der Waals surface area contributed by atoms with Crippen molar-refractivity contribution in [2.24, 2.45) is 5.41 Å². The van der Waals surface area contributed by atoms with Gasteiger partial charge in [0.25, 0.3) is 11.8 Å². The molecule has 2 aromatic heterocycles. The molecule has 41 heavy (non-hydrogen) atoms. The third-order valence-corrected chi connectivity index (χ3v) is 8.05. The van der Waals surface area contributed by atoms with E-state index in [9.17, 15) is 27.9 Å². The molecule has 1 spiro atoms.